The van der Waals surface area contributed by atoms with Gasteiger partial charge in [0.2, 0.25) is 0 Å². The lowest BCUT2D eigenvalue weighted by Gasteiger charge is -2.14. The molecule has 0 aliphatic rings. The number of hydrogen-bond donors (Lipinski definition) is 1. The molecular formula is C31H27ClO6S. The average molecular weight is 563 g/mol. The second-order valence-electron chi connectivity index (χ2n) is 9.23. The van der Waals surface area contributed by atoms with Gasteiger partial charge in [-0.3, -0.25) is 9.59 Å². The number of hydrogen-bond acceptors (Lipinski definition) is 5. The third kappa shape index (κ3) is 7.78. The first-order valence-electron chi connectivity index (χ1n) is 12.3. The summed E-state index contributed by atoms with van der Waals surface area (Å²) >= 11 is 5.92. The van der Waals surface area contributed by atoms with Gasteiger partial charge in [0.25, 0.3) is 0 Å². The van der Waals surface area contributed by atoms with E-state index in [9.17, 15) is 23.1 Å². The van der Waals surface area contributed by atoms with Crippen LogP contribution in [-0.4, -0.2) is 31.5 Å². The van der Waals surface area contributed by atoms with Gasteiger partial charge in [-0.05, 0) is 90.2 Å². The Kier molecular flexibility index (Phi) is 8.84. The number of carbonyl (C=O) groups excluding carboxylic acids is 1. The maximum Gasteiger partial charge on any atom is 0.307 e. The van der Waals surface area contributed by atoms with Gasteiger partial charge in [-0.25, -0.2) is 8.42 Å². The minimum atomic E-state index is -3.36. The van der Waals surface area contributed by atoms with Gasteiger partial charge in [-0.2, -0.15) is 0 Å². The third-order valence-corrected chi connectivity index (χ3v) is 7.56. The van der Waals surface area contributed by atoms with E-state index < -0.39 is 15.8 Å². The summed E-state index contributed by atoms with van der Waals surface area (Å²) in [5, 5.41) is 9.91. The first-order valence-corrected chi connectivity index (χ1v) is 14.6. The molecule has 0 heterocycles. The zero-order valence-corrected chi connectivity index (χ0v) is 22.8. The Bertz CT molecular complexity index is 1580. The minimum absolute atomic E-state index is 0.0418. The fourth-order valence-corrected chi connectivity index (χ4v) is 4.90. The summed E-state index contributed by atoms with van der Waals surface area (Å²) in [5.74, 6) is 0.0571. The molecule has 0 fully saturated rings. The maximum absolute atomic E-state index is 12.7. The number of rotatable bonds is 11. The topological polar surface area (TPSA) is 97.7 Å². The van der Waals surface area contributed by atoms with Crippen LogP contribution in [0.25, 0.3) is 11.1 Å². The highest BCUT2D eigenvalue weighted by atomic mass is 35.5. The number of halogens is 1. The largest absolute Gasteiger partial charge is 0.481 e. The first kappa shape index (κ1) is 28.1. The van der Waals surface area contributed by atoms with E-state index in [-0.39, 0.29) is 17.1 Å². The molecule has 0 spiro atoms. The standard InChI is InChI=1S/C31H27ClO6S/c1-39(36,37)27-16-10-23(11-17-27)28-19-22(20-31(34)35)7-18-30(28)38-26-14-8-24(9-15-26)29(33)4-2-3-21-5-12-25(32)13-6-21/h5-19H,2-4,20H2,1H3,(H,34,35). The SMILES string of the molecule is CS(=O)(=O)c1ccc(-c2cc(CC(=O)O)ccc2Oc2ccc(C(=O)CCCc3ccc(Cl)cc3)cc2)cc1. The quantitative estimate of drug-likeness (QED) is 0.197. The molecule has 0 aliphatic carbocycles. The van der Waals surface area contributed by atoms with E-state index in [1.807, 2.05) is 24.3 Å². The van der Waals surface area contributed by atoms with Crippen molar-refractivity contribution in [3.63, 3.8) is 0 Å². The van der Waals surface area contributed by atoms with Crippen LogP contribution in [0.15, 0.2) is 95.9 Å². The fraction of sp³-hybridized carbons (Fsp3) is 0.161. The van der Waals surface area contributed by atoms with Gasteiger partial charge in [0.05, 0.1) is 11.3 Å². The van der Waals surface area contributed by atoms with Crippen LogP contribution in [0.3, 0.4) is 0 Å². The van der Waals surface area contributed by atoms with Crippen molar-refractivity contribution in [3.05, 3.63) is 113 Å². The molecule has 0 atom stereocenters. The lowest BCUT2D eigenvalue weighted by molar-refractivity contribution is -0.136. The number of Topliss-reactive ketones (excluding diaryl/α,β-unsaturated/α-hetero) is 1. The number of carbonyl (C=O) groups is 2. The molecule has 200 valence electrons. The van der Waals surface area contributed by atoms with Gasteiger partial charge < -0.3 is 9.84 Å². The number of benzene rings is 4. The number of ketones is 1. The summed E-state index contributed by atoms with van der Waals surface area (Å²) in [6.45, 7) is 0. The van der Waals surface area contributed by atoms with E-state index in [2.05, 4.69) is 0 Å². The van der Waals surface area contributed by atoms with Crippen LogP contribution in [0.5, 0.6) is 11.5 Å². The van der Waals surface area contributed by atoms with Crippen molar-refractivity contribution in [1.29, 1.82) is 0 Å². The summed E-state index contributed by atoms with van der Waals surface area (Å²) in [6.07, 6.45) is 2.90. The molecule has 8 heteroatoms. The second kappa shape index (κ2) is 12.3. The number of aryl methyl sites for hydroxylation is 1. The average Bonchev–Trinajstić information content (AvgIpc) is 2.90. The monoisotopic (exact) mass is 562 g/mol. The molecule has 6 nitrogen and oxygen atoms in total. The van der Waals surface area contributed by atoms with Crippen molar-refractivity contribution in [2.45, 2.75) is 30.6 Å². The normalized spacial score (nSPS) is 11.2. The molecule has 0 unspecified atom stereocenters. The molecule has 1 N–H and O–H groups in total. The Morgan fingerprint density at radius 2 is 1.49 bits per heavy atom. The van der Waals surface area contributed by atoms with Crippen LogP contribution in [0, 0.1) is 0 Å². The van der Waals surface area contributed by atoms with Gasteiger partial charge in [0, 0.05) is 28.8 Å². The van der Waals surface area contributed by atoms with Gasteiger partial charge >= 0.3 is 5.97 Å². The fourth-order valence-electron chi connectivity index (χ4n) is 4.14. The van der Waals surface area contributed by atoms with E-state index >= 15 is 0 Å². The Morgan fingerprint density at radius 1 is 0.846 bits per heavy atom. The van der Waals surface area contributed by atoms with Crippen molar-refractivity contribution in [2.75, 3.05) is 6.26 Å². The molecule has 4 aromatic carbocycles. The molecular weight excluding hydrogens is 536 g/mol. The van der Waals surface area contributed by atoms with Crippen molar-refractivity contribution < 1.29 is 27.9 Å². The predicted molar refractivity (Wildman–Crippen MR) is 152 cm³/mol. The molecule has 0 aliphatic heterocycles. The van der Waals surface area contributed by atoms with Crippen molar-refractivity contribution in [1.82, 2.24) is 0 Å². The summed E-state index contributed by atoms with van der Waals surface area (Å²) in [6, 6.07) is 25.9. The molecule has 39 heavy (non-hydrogen) atoms. The van der Waals surface area contributed by atoms with Gasteiger partial charge in [0.15, 0.2) is 15.6 Å². The Morgan fingerprint density at radius 3 is 2.10 bits per heavy atom. The van der Waals surface area contributed by atoms with E-state index in [1.165, 1.54) is 12.1 Å². The third-order valence-electron chi connectivity index (χ3n) is 6.18. The van der Waals surface area contributed by atoms with Crippen molar-refractivity contribution >= 4 is 33.2 Å². The van der Waals surface area contributed by atoms with Crippen molar-refractivity contribution in [2.24, 2.45) is 0 Å². The molecule has 4 rings (SSSR count). The number of sulfone groups is 1. The van der Waals surface area contributed by atoms with Gasteiger partial charge in [-0.15, -0.1) is 0 Å². The number of aliphatic carboxylic acids is 1. The zero-order valence-electron chi connectivity index (χ0n) is 21.3. The molecule has 0 saturated carbocycles. The predicted octanol–water partition coefficient (Wildman–Crippen LogP) is 7.04. The highest BCUT2D eigenvalue weighted by molar-refractivity contribution is 7.90. The zero-order chi connectivity index (χ0) is 28.0. The van der Waals surface area contributed by atoms with Crippen LogP contribution in [0.1, 0.15) is 34.3 Å². The van der Waals surface area contributed by atoms with Gasteiger partial charge in [-0.1, -0.05) is 41.9 Å². The van der Waals surface area contributed by atoms with Crippen LogP contribution in [-0.2, 0) is 27.5 Å². The Balaban J connectivity index is 1.49. The van der Waals surface area contributed by atoms with Crippen LogP contribution in [0.2, 0.25) is 5.02 Å². The number of carboxylic acids is 1. The Labute approximate surface area is 232 Å². The van der Waals surface area contributed by atoms with Crippen LogP contribution in [0.4, 0.5) is 0 Å². The molecule has 0 amide bonds. The van der Waals surface area contributed by atoms with Crippen LogP contribution >= 0.6 is 11.6 Å². The summed E-state index contributed by atoms with van der Waals surface area (Å²) in [5.41, 5.74) is 3.60. The number of carboxylic acid groups (broad SMARTS) is 1. The number of ether oxygens (including phenoxy) is 1. The van der Waals surface area contributed by atoms with E-state index in [4.69, 9.17) is 16.3 Å². The molecule has 4 aromatic rings. The molecule has 0 bridgehead atoms. The van der Waals surface area contributed by atoms with Crippen LogP contribution < -0.4 is 4.74 Å². The lowest BCUT2D eigenvalue weighted by atomic mass is 10.0. The molecule has 0 saturated heterocycles. The molecule has 0 aromatic heterocycles. The highest BCUT2D eigenvalue weighted by Gasteiger charge is 2.14. The summed E-state index contributed by atoms with van der Waals surface area (Å²) in [4.78, 5) is 24.1. The maximum atomic E-state index is 12.7. The summed E-state index contributed by atoms with van der Waals surface area (Å²) < 4.78 is 29.8. The molecule has 0 radical (unpaired) electrons. The van der Waals surface area contributed by atoms with E-state index in [0.717, 1.165) is 24.7 Å². The highest BCUT2D eigenvalue weighted by Crippen LogP contribution is 2.35. The second-order valence-corrected chi connectivity index (χ2v) is 11.7. The van der Waals surface area contributed by atoms with E-state index in [1.54, 1.807) is 54.6 Å². The lowest BCUT2D eigenvalue weighted by Crippen LogP contribution is -2.01. The first-order chi connectivity index (χ1) is 18.6. The smallest absolute Gasteiger partial charge is 0.307 e. The van der Waals surface area contributed by atoms with E-state index in [0.29, 0.717) is 45.2 Å². The van der Waals surface area contributed by atoms with Crippen molar-refractivity contribution in [3.8, 4) is 22.6 Å². The summed E-state index contributed by atoms with van der Waals surface area (Å²) in [7, 11) is -3.36. The Hall–Kier alpha value is -3.94. The minimum Gasteiger partial charge on any atom is -0.481 e. The van der Waals surface area contributed by atoms with Gasteiger partial charge in [0.1, 0.15) is 11.5 Å².